The van der Waals surface area contributed by atoms with Crippen LogP contribution in [0.1, 0.15) is 5.56 Å². The van der Waals surface area contributed by atoms with E-state index >= 15 is 0 Å². The van der Waals surface area contributed by atoms with Crippen molar-refractivity contribution in [1.82, 2.24) is 4.98 Å². The van der Waals surface area contributed by atoms with Crippen molar-refractivity contribution < 1.29 is 5.11 Å². The second-order valence-corrected chi connectivity index (χ2v) is 5.11. The van der Waals surface area contributed by atoms with E-state index in [1.54, 1.807) is 6.20 Å². The average molecular weight is 235 g/mol. The maximum Gasteiger partial charge on any atom is 0.155 e. The van der Waals surface area contributed by atoms with E-state index in [4.69, 9.17) is 5.11 Å². The molecule has 0 saturated carbocycles. The van der Waals surface area contributed by atoms with Crippen molar-refractivity contribution in [3.63, 3.8) is 0 Å². The van der Waals surface area contributed by atoms with E-state index in [-0.39, 0.29) is 6.61 Å². The lowest BCUT2D eigenvalue weighted by Crippen LogP contribution is -2.45. The Morgan fingerprint density at radius 3 is 3.38 bits per heavy atom. The van der Waals surface area contributed by atoms with Crippen molar-refractivity contribution in [2.24, 2.45) is 4.99 Å². The van der Waals surface area contributed by atoms with Crippen LogP contribution in [0.3, 0.4) is 0 Å². The molecule has 16 heavy (non-hydrogen) atoms. The van der Waals surface area contributed by atoms with Crippen molar-refractivity contribution in [2.75, 3.05) is 23.0 Å². The lowest BCUT2D eigenvalue weighted by molar-refractivity contribution is 0.281. The molecule has 2 aliphatic heterocycles. The van der Waals surface area contributed by atoms with Gasteiger partial charge in [0.05, 0.1) is 12.6 Å². The molecule has 0 aromatic carbocycles. The van der Waals surface area contributed by atoms with Gasteiger partial charge in [-0.05, 0) is 11.6 Å². The minimum absolute atomic E-state index is 0.0229. The van der Waals surface area contributed by atoms with Crippen LogP contribution in [0.15, 0.2) is 17.3 Å². The van der Waals surface area contributed by atoms with Gasteiger partial charge in [-0.1, -0.05) is 0 Å². The summed E-state index contributed by atoms with van der Waals surface area (Å²) in [6.45, 7) is 1.05. The van der Waals surface area contributed by atoms with Gasteiger partial charge in [0.25, 0.3) is 0 Å². The molecule has 1 aromatic rings. The number of aliphatic hydroxyl groups excluding tert-OH is 1. The van der Waals surface area contributed by atoms with Gasteiger partial charge in [-0.25, -0.2) is 4.98 Å². The van der Waals surface area contributed by atoms with Crippen LogP contribution in [0.4, 0.5) is 11.5 Å². The monoisotopic (exact) mass is 235 g/mol. The standard InChI is InChI=1S/C11H13N3OS/c15-6-8-3-10-11(13-4-8)14-1-2-16-7-9(14)5-12-10/h3-5,9,15H,1-2,6-7H2/t9-/m1/s1. The Labute approximate surface area is 98.4 Å². The SMILES string of the molecule is OCc1cnc2c(c1)N=C[C@@H]1CSCCN21. The fourth-order valence-electron chi connectivity index (χ4n) is 2.07. The summed E-state index contributed by atoms with van der Waals surface area (Å²) in [6.07, 6.45) is 3.73. The Bertz CT molecular complexity index is 435. The van der Waals surface area contributed by atoms with E-state index in [1.807, 2.05) is 24.0 Å². The zero-order chi connectivity index (χ0) is 11.0. The molecule has 1 aromatic heterocycles. The molecule has 1 N–H and O–H groups in total. The number of pyridine rings is 1. The molecule has 3 rings (SSSR count). The third kappa shape index (κ3) is 1.60. The van der Waals surface area contributed by atoms with E-state index < -0.39 is 0 Å². The average Bonchev–Trinajstić information content (AvgIpc) is 2.38. The fourth-order valence-corrected chi connectivity index (χ4v) is 3.07. The number of aromatic nitrogens is 1. The van der Waals surface area contributed by atoms with Crippen LogP contribution >= 0.6 is 11.8 Å². The molecule has 0 unspecified atom stereocenters. The van der Waals surface area contributed by atoms with Crippen LogP contribution < -0.4 is 4.90 Å². The zero-order valence-corrected chi connectivity index (χ0v) is 9.65. The maximum atomic E-state index is 9.06. The molecular formula is C11H13N3OS. The highest BCUT2D eigenvalue weighted by molar-refractivity contribution is 7.99. The number of aliphatic hydroxyl groups is 1. The number of thioether (sulfide) groups is 1. The number of aliphatic imine (C=N–C) groups is 1. The largest absolute Gasteiger partial charge is 0.392 e. The van der Waals surface area contributed by atoms with Gasteiger partial charge in [0.1, 0.15) is 5.69 Å². The van der Waals surface area contributed by atoms with Gasteiger partial charge in [-0.3, -0.25) is 4.99 Å². The molecule has 0 bridgehead atoms. The van der Waals surface area contributed by atoms with E-state index in [9.17, 15) is 0 Å². The summed E-state index contributed by atoms with van der Waals surface area (Å²) < 4.78 is 0. The second-order valence-electron chi connectivity index (χ2n) is 3.96. The van der Waals surface area contributed by atoms with Gasteiger partial charge in [-0.2, -0.15) is 11.8 Å². The highest BCUT2D eigenvalue weighted by atomic mass is 32.2. The number of hydrogen-bond donors (Lipinski definition) is 1. The summed E-state index contributed by atoms with van der Waals surface area (Å²) in [5.74, 6) is 3.20. The Morgan fingerprint density at radius 1 is 1.56 bits per heavy atom. The lowest BCUT2D eigenvalue weighted by Gasteiger charge is -2.36. The molecule has 0 radical (unpaired) electrons. The molecule has 1 fully saturated rings. The molecule has 84 valence electrons. The van der Waals surface area contributed by atoms with Gasteiger partial charge in [-0.15, -0.1) is 0 Å². The van der Waals surface area contributed by atoms with E-state index in [2.05, 4.69) is 14.9 Å². The van der Waals surface area contributed by atoms with Crippen LogP contribution in [0.5, 0.6) is 0 Å². The third-order valence-corrected chi connectivity index (χ3v) is 3.96. The van der Waals surface area contributed by atoms with Gasteiger partial charge < -0.3 is 10.0 Å². The van der Waals surface area contributed by atoms with Crippen LogP contribution in [0.2, 0.25) is 0 Å². The molecule has 2 aliphatic rings. The first-order chi connectivity index (χ1) is 7.88. The Balaban J connectivity index is 2.01. The predicted molar refractivity (Wildman–Crippen MR) is 66.8 cm³/mol. The molecular weight excluding hydrogens is 222 g/mol. The smallest absolute Gasteiger partial charge is 0.155 e. The Morgan fingerprint density at radius 2 is 2.50 bits per heavy atom. The molecule has 1 atom stereocenters. The Kier molecular flexibility index (Phi) is 2.57. The predicted octanol–water partition coefficient (Wildman–Crippen LogP) is 1.21. The van der Waals surface area contributed by atoms with Crippen LogP contribution in [-0.2, 0) is 6.61 Å². The normalized spacial score (nSPS) is 22.8. The maximum absolute atomic E-state index is 9.06. The van der Waals surface area contributed by atoms with Crippen molar-refractivity contribution >= 4 is 29.5 Å². The van der Waals surface area contributed by atoms with Gasteiger partial charge in [0, 0.05) is 30.5 Å². The van der Waals surface area contributed by atoms with Gasteiger partial charge in [0.15, 0.2) is 5.82 Å². The Hall–Kier alpha value is -1.07. The number of hydrogen-bond acceptors (Lipinski definition) is 5. The first-order valence-electron chi connectivity index (χ1n) is 5.37. The second kappa shape index (κ2) is 4.07. The van der Waals surface area contributed by atoms with Crippen molar-refractivity contribution in [3.8, 4) is 0 Å². The van der Waals surface area contributed by atoms with Gasteiger partial charge >= 0.3 is 0 Å². The summed E-state index contributed by atoms with van der Waals surface area (Å²) in [4.78, 5) is 11.2. The lowest BCUT2D eigenvalue weighted by atomic mass is 10.2. The topological polar surface area (TPSA) is 48.7 Å². The number of anilines is 1. The quantitative estimate of drug-likeness (QED) is 0.795. The summed E-state index contributed by atoms with van der Waals surface area (Å²) in [5, 5.41) is 9.06. The van der Waals surface area contributed by atoms with Crippen LogP contribution in [-0.4, -0.2) is 40.4 Å². The summed E-state index contributed by atoms with van der Waals surface area (Å²) in [7, 11) is 0. The molecule has 0 aliphatic carbocycles. The minimum atomic E-state index is 0.0229. The van der Waals surface area contributed by atoms with Crippen molar-refractivity contribution in [1.29, 1.82) is 0 Å². The summed E-state index contributed by atoms with van der Waals surface area (Å²) >= 11 is 1.96. The van der Waals surface area contributed by atoms with Crippen molar-refractivity contribution in [2.45, 2.75) is 12.6 Å². The first kappa shape index (κ1) is 10.1. The first-order valence-corrected chi connectivity index (χ1v) is 6.52. The van der Waals surface area contributed by atoms with E-state index in [1.165, 1.54) is 0 Å². The summed E-state index contributed by atoms with van der Waals surface area (Å²) in [5.41, 5.74) is 1.70. The van der Waals surface area contributed by atoms with Crippen LogP contribution in [0.25, 0.3) is 0 Å². The molecule has 4 nitrogen and oxygen atoms in total. The number of nitrogens with zero attached hydrogens (tertiary/aromatic N) is 3. The summed E-state index contributed by atoms with van der Waals surface area (Å²) in [6, 6.07) is 2.30. The highest BCUT2D eigenvalue weighted by Gasteiger charge is 2.27. The molecule has 3 heterocycles. The van der Waals surface area contributed by atoms with Crippen LogP contribution in [0, 0.1) is 0 Å². The third-order valence-electron chi connectivity index (χ3n) is 2.91. The minimum Gasteiger partial charge on any atom is -0.392 e. The van der Waals surface area contributed by atoms with E-state index in [0.717, 1.165) is 35.1 Å². The fraction of sp³-hybridized carbons (Fsp3) is 0.455. The molecule has 1 saturated heterocycles. The number of fused-ring (bicyclic) bond motifs is 3. The molecule has 0 spiro atoms. The van der Waals surface area contributed by atoms with Crippen molar-refractivity contribution in [3.05, 3.63) is 17.8 Å². The van der Waals surface area contributed by atoms with Gasteiger partial charge in [0.2, 0.25) is 0 Å². The molecule has 0 amide bonds. The van der Waals surface area contributed by atoms with E-state index in [0.29, 0.717) is 6.04 Å². The highest BCUT2D eigenvalue weighted by Crippen LogP contribution is 2.34. The number of rotatable bonds is 1. The zero-order valence-electron chi connectivity index (χ0n) is 8.83. The molecule has 5 heteroatoms.